The van der Waals surface area contributed by atoms with E-state index in [9.17, 15) is 14.4 Å². The van der Waals surface area contributed by atoms with Crippen molar-refractivity contribution in [2.45, 2.75) is 38.4 Å². The summed E-state index contributed by atoms with van der Waals surface area (Å²) >= 11 is 0. The van der Waals surface area contributed by atoms with Crippen LogP contribution in [0.5, 0.6) is 0 Å². The number of hydrogen-bond donors (Lipinski definition) is 1. The third kappa shape index (κ3) is 3.33. The summed E-state index contributed by atoms with van der Waals surface area (Å²) in [7, 11) is 0. The maximum absolute atomic E-state index is 13.1. The number of carbonyl (C=O) groups is 3. The number of fused-ring (bicyclic) bond motifs is 1. The largest absolute Gasteiger partial charge is 0.465 e. The van der Waals surface area contributed by atoms with Crippen molar-refractivity contribution in [3.63, 3.8) is 0 Å². The van der Waals surface area contributed by atoms with Crippen molar-refractivity contribution in [3.8, 4) is 0 Å². The predicted octanol–water partition coefficient (Wildman–Crippen LogP) is 2.09. The highest BCUT2D eigenvalue weighted by molar-refractivity contribution is 5.99. The van der Waals surface area contributed by atoms with E-state index in [4.69, 9.17) is 9.47 Å². The number of nitrogens with one attached hydrogen (secondary N) is 1. The summed E-state index contributed by atoms with van der Waals surface area (Å²) in [4.78, 5) is 39.4. The summed E-state index contributed by atoms with van der Waals surface area (Å²) in [5.74, 6) is -1.77. The second kappa shape index (κ2) is 7.30. The Labute approximate surface area is 170 Å². The minimum Gasteiger partial charge on any atom is -0.465 e. The number of ether oxygens (including phenoxy) is 2. The molecule has 7 heteroatoms. The fourth-order valence-corrected chi connectivity index (χ4v) is 4.55. The first kappa shape index (κ1) is 19.6. The van der Waals surface area contributed by atoms with E-state index in [1.807, 2.05) is 36.4 Å². The molecule has 2 bridgehead atoms. The molecule has 1 aromatic rings. The maximum Gasteiger partial charge on any atom is 0.325 e. The van der Waals surface area contributed by atoms with Crippen LogP contribution < -0.4 is 5.32 Å². The molecule has 0 radical (unpaired) electrons. The molecule has 0 aromatic heterocycles. The number of likely N-dealkylation sites (tertiary alicyclic amines) is 1. The normalized spacial score (nSPS) is 29.4. The second-order valence-corrected chi connectivity index (χ2v) is 8.17. The molecule has 154 valence electrons. The number of amides is 2. The minimum absolute atomic E-state index is 0.127. The molecule has 0 aliphatic carbocycles. The molecule has 3 aliphatic rings. The molecular formula is C22H26N2O5. The highest BCUT2D eigenvalue weighted by Crippen LogP contribution is 2.52. The van der Waals surface area contributed by atoms with Gasteiger partial charge in [0, 0.05) is 5.69 Å². The second-order valence-electron chi connectivity index (χ2n) is 8.17. The van der Waals surface area contributed by atoms with Crippen LogP contribution in [0.2, 0.25) is 0 Å². The predicted molar refractivity (Wildman–Crippen MR) is 106 cm³/mol. The van der Waals surface area contributed by atoms with Crippen molar-refractivity contribution in [2.24, 2.45) is 11.8 Å². The Morgan fingerprint density at radius 2 is 2.03 bits per heavy atom. The molecule has 3 aliphatic heterocycles. The quantitative estimate of drug-likeness (QED) is 0.586. The van der Waals surface area contributed by atoms with Crippen LogP contribution in [-0.4, -0.2) is 54.1 Å². The maximum atomic E-state index is 13.1. The van der Waals surface area contributed by atoms with Crippen molar-refractivity contribution in [1.29, 1.82) is 0 Å². The fourth-order valence-electron chi connectivity index (χ4n) is 4.55. The Bertz CT molecular complexity index is 862. The summed E-state index contributed by atoms with van der Waals surface area (Å²) < 4.78 is 11.0. The molecule has 2 fully saturated rings. The standard InChI is InChI=1S/C22H26N2O5/c1-4-28-17(25)11-24-12-22-10-9-16(29-22)18(19(22)21(24)27)20(26)23-15-7-5-14(6-8-15)13(2)3/h5-10,13,16,18-19H,4,11-12H2,1-3H3,(H,23,26)/t16-,18?,19-,22?/m1/s1. The summed E-state index contributed by atoms with van der Waals surface area (Å²) in [6, 6.07) is 7.72. The summed E-state index contributed by atoms with van der Waals surface area (Å²) in [5.41, 5.74) is 1.04. The lowest BCUT2D eigenvalue weighted by Crippen LogP contribution is -2.41. The van der Waals surface area contributed by atoms with Crippen LogP contribution in [0, 0.1) is 11.8 Å². The van der Waals surface area contributed by atoms with Crippen molar-refractivity contribution in [3.05, 3.63) is 42.0 Å². The van der Waals surface area contributed by atoms with Crippen molar-refractivity contribution >= 4 is 23.5 Å². The first-order valence-electron chi connectivity index (χ1n) is 10.1. The van der Waals surface area contributed by atoms with Crippen molar-refractivity contribution in [1.82, 2.24) is 4.90 Å². The molecule has 29 heavy (non-hydrogen) atoms. The Morgan fingerprint density at radius 1 is 1.31 bits per heavy atom. The monoisotopic (exact) mass is 398 g/mol. The van der Waals surface area contributed by atoms with Gasteiger partial charge >= 0.3 is 5.97 Å². The van der Waals surface area contributed by atoms with Crippen LogP contribution in [0.1, 0.15) is 32.3 Å². The average Bonchev–Trinajstić information content (AvgIpc) is 3.31. The lowest BCUT2D eigenvalue weighted by atomic mass is 9.77. The first-order chi connectivity index (χ1) is 13.8. The molecule has 2 amide bonds. The molecular weight excluding hydrogens is 372 g/mol. The van der Waals surface area contributed by atoms with Gasteiger partial charge in [0.15, 0.2) is 0 Å². The molecule has 3 heterocycles. The molecule has 2 saturated heterocycles. The van der Waals surface area contributed by atoms with Crippen molar-refractivity contribution < 1.29 is 23.9 Å². The Morgan fingerprint density at radius 3 is 2.69 bits per heavy atom. The molecule has 0 saturated carbocycles. The van der Waals surface area contributed by atoms with Crippen LogP contribution in [0.4, 0.5) is 5.69 Å². The zero-order valence-electron chi connectivity index (χ0n) is 16.9. The number of benzene rings is 1. The molecule has 1 spiro atoms. The van der Waals surface area contributed by atoms with Gasteiger partial charge in [0.25, 0.3) is 0 Å². The zero-order valence-corrected chi connectivity index (χ0v) is 16.9. The fraction of sp³-hybridized carbons (Fsp3) is 0.500. The van der Waals surface area contributed by atoms with Gasteiger partial charge in [-0.3, -0.25) is 14.4 Å². The van der Waals surface area contributed by atoms with E-state index in [-0.39, 0.29) is 31.5 Å². The summed E-state index contributed by atoms with van der Waals surface area (Å²) in [6.07, 6.45) is 3.29. The van der Waals surface area contributed by atoms with Gasteiger partial charge in [-0.05, 0) is 30.5 Å². The number of hydrogen-bond acceptors (Lipinski definition) is 5. The highest BCUT2D eigenvalue weighted by Gasteiger charge is 2.66. The van der Waals surface area contributed by atoms with Gasteiger partial charge < -0.3 is 19.7 Å². The summed E-state index contributed by atoms with van der Waals surface area (Å²) in [5, 5.41) is 2.93. The van der Waals surface area contributed by atoms with Gasteiger partial charge in [-0.1, -0.05) is 38.1 Å². The van der Waals surface area contributed by atoms with Gasteiger partial charge in [-0.25, -0.2) is 0 Å². The Kier molecular flexibility index (Phi) is 4.94. The average molecular weight is 398 g/mol. The number of esters is 1. The van der Waals surface area contributed by atoms with Gasteiger partial charge in [0.1, 0.15) is 12.1 Å². The minimum atomic E-state index is -0.836. The van der Waals surface area contributed by atoms with Crippen LogP contribution >= 0.6 is 0 Å². The van der Waals surface area contributed by atoms with E-state index < -0.39 is 29.5 Å². The van der Waals surface area contributed by atoms with E-state index in [2.05, 4.69) is 19.2 Å². The van der Waals surface area contributed by atoms with Gasteiger partial charge in [-0.15, -0.1) is 0 Å². The topological polar surface area (TPSA) is 84.9 Å². The van der Waals surface area contributed by atoms with Gasteiger partial charge in [-0.2, -0.15) is 0 Å². The highest BCUT2D eigenvalue weighted by atomic mass is 16.5. The van der Waals surface area contributed by atoms with Crippen LogP contribution in [0.3, 0.4) is 0 Å². The van der Waals surface area contributed by atoms with Gasteiger partial charge in [0.05, 0.1) is 31.1 Å². The Balaban J connectivity index is 1.50. The van der Waals surface area contributed by atoms with Crippen LogP contribution in [0.25, 0.3) is 0 Å². The number of nitrogens with zero attached hydrogens (tertiary/aromatic N) is 1. The Hall–Kier alpha value is -2.67. The number of anilines is 1. The molecule has 1 N–H and O–H groups in total. The zero-order chi connectivity index (χ0) is 20.8. The molecule has 7 nitrogen and oxygen atoms in total. The van der Waals surface area contributed by atoms with E-state index in [1.54, 1.807) is 6.92 Å². The molecule has 2 unspecified atom stereocenters. The lowest BCUT2D eigenvalue weighted by Gasteiger charge is -2.23. The van der Waals surface area contributed by atoms with Crippen molar-refractivity contribution in [2.75, 3.05) is 25.0 Å². The van der Waals surface area contributed by atoms with E-state index in [0.717, 1.165) is 0 Å². The van der Waals surface area contributed by atoms with Gasteiger partial charge in [0.2, 0.25) is 11.8 Å². The summed E-state index contributed by atoms with van der Waals surface area (Å²) in [6.45, 7) is 6.33. The van der Waals surface area contributed by atoms with E-state index in [0.29, 0.717) is 11.6 Å². The van der Waals surface area contributed by atoms with E-state index >= 15 is 0 Å². The first-order valence-corrected chi connectivity index (χ1v) is 10.1. The van der Waals surface area contributed by atoms with Crippen LogP contribution in [0.15, 0.2) is 36.4 Å². The third-order valence-corrected chi connectivity index (χ3v) is 5.95. The third-order valence-electron chi connectivity index (χ3n) is 5.95. The smallest absolute Gasteiger partial charge is 0.325 e. The SMILES string of the molecule is CCOC(=O)CN1CC23C=C[C@@H](O2)C(C(=O)Nc2ccc(C(C)C)cc2)[C@@H]3C1=O. The molecule has 1 aromatic carbocycles. The molecule has 4 atom stereocenters. The number of carbonyl (C=O) groups excluding carboxylic acids is 3. The molecule has 4 rings (SSSR count). The number of rotatable bonds is 6. The lowest BCUT2D eigenvalue weighted by molar-refractivity contribution is -0.148. The van der Waals surface area contributed by atoms with Crippen LogP contribution in [-0.2, 0) is 23.9 Å². The van der Waals surface area contributed by atoms with E-state index in [1.165, 1.54) is 10.5 Å².